The van der Waals surface area contributed by atoms with Crippen molar-refractivity contribution in [2.24, 2.45) is 0 Å². The van der Waals surface area contributed by atoms with Crippen LogP contribution >= 0.6 is 11.3 Å². The van der Waals surface area contributed by atoms with E-state index in [4.69, 9.17) is 19.5 Å². The molecular formula is C24H22N4O5S. The van der Waals surface area contributed by atoms with Crippen LogP contribution in [0.15, 0.2) is 46.6 Å². The second-order valence-corrected chi connectivity index (χ2v) is 7.95. The zero-order valence-corrected chi connectivity index (χ0v) is 19.7. The van der Waals surface area contributed by atoms with Gasteiger partial charge in [0.05, 0.1) is 60.6 Å². The molecule has 0 amide bonds. The van der Waals surface area contributed by atoms with E-state index >= 15 is 0 Å². The topological polar surface area (TPSA) is 134 Å². The molecule has 9 nitrogen and oxygen atoms in total. The van der Waals surface area contributed by atoms with Crippen molar-refractivity contribution in [2.45, 2.75) is 26.2 Å². The highest BCUT2D eigenvalue weighted by Crippen LogP contribution is 2.45. The van der Waals surface area contributed by atoms with Crippen molar-refractivity contribution in [3.63, 3.8) is 0 Å². The Morgan fingerprint density at radius 2 is 1.97 bits per heavy atom. The van der Waals surface area contributed by atoms with Crippen LogP contribution in [0, 0.1) is 22.7 Å². The van der Waals surface area contributed by atoms with Gasteiger partial charge < -0.3 is 19.5 Å². The Bertz CT molecular complexity index is 1240. The Labute approximate surface area is 200 Å². The molecule has 1 aliphatic heterocycles. The van der Waals surface area contributed by atoms with E-state index < -0.39 is 17.9 Å². The number of rotatable bonds is 8. The first-order valence-corrected chi connectivity index (χ1v) is 11.3. The number of allylic oxidation sites excluding steroid dienone is 1. The molecule has 0 saturated carbocycles. The maximum Gasteiger partial charge on any atom is 0.337 e. The molecule has 0 aliphatic carbocycles. The van der Waals surface area contributed by atoms with E-state index in [2.05, 4.69) is 16.4 Å². The first-order valence-electron chi connectivity index (χ1n) is 10.4. The summed E-state index contributed by atoms with van der Waals surface area (Å²) >= 11 is 1.32. The predicted molar refractivity (Wildman–Crippen MR) is 123 cm³/mol. The fraction of sp³-hybridized carbons (Fsp3) is 0.292. The summed E-state index contributed by atoms with van der Waals surface area (Å²) in [5.74, 6) is -1.93. The van der Waals surface area contributed by atoms with Crippen LogP contribution in [-0.2, 0) is 19.1 Å². The molecule has 0 fully saturated rings. The van der Waals surface area contributed by atoms with E-state index in [1.54, 1.807) is 37.6 Å². The highest BCUT2D eigenvalue weighted by Gasteiger charge is 2.41. The summed E-state index contributed by atoms with van der Waals surface area (Å²) in [6.07, 6.45) is 1.64. The molecule has 0 radical (unpaired) electrons. The minimum atomic E-state index is -0.934. The van der Waals surface area contributed by atoms with Crippen LogP contribution in [0.4, 0.5) is 0 Å². The lowest BCUT2D eigenvalue weighted by atomic mass is 9.79. The van der Waals surface area contributed by atoms with Crippen molar-refractivity contribution in [3.05, 3.63) is 62.8 Å². The first kappa shape index (κ1) is 24.5. The molecular weight excluding hydrogens is 456 g/mol. The summed E-state index contributed by atoms with van der Waals surface area (Å²) in [4.78, 5) is 30.8. The molecule has 2 aromatic rings. The molecule has 0 saturated heterocycles. The third-order valence-electron chi connectivity index (χ3n) is 5.05. The third kappa shape index (κ3) is 4.92. The van der Waals surface area contributed by atoms with Crippen molar-refractivity contribution >= 4 is 29.0 Å². The van der Waals surface area contributed by atoms with E-state index in [0.29, 0.717) is 33.3 Å². The number of aromatic nitrogens is 1. The number of hydrogen-bond donors (Lipinski definition) is 1. The molecule has 1 N–H and O–H groups in total. The van der Waals surface area contributed by atoms with Crippen LogP contribution in [0.3, 0.4) is 0 Å². The average molecular weight is 479 g/mol. The van der Waals surface area contributed by atoms with E-state index in [1.165, 1.54) is 24.5 Å². The number of benzene rings is 1. The first-order chi connectivity index (χ1) is 16.5. The molecule has 174 valence electrons. The number of thiazole rings is 1. The molecule has 10 heteroatoms. The normalized spacial score (nSPS) is 15.1. The Morgan fingerprint density at radius 3 is 2.59 bits per heavy atom. The van der Waals surface area contributed by atoms with Gasteiger partial charge in [0.25, 0.3) is 0 Å². The SMILES string of the molecule is CCOC(=O)C1=C(c2nccs2)NC(C)=C(C(=O)OCCC#N)C1c1ccc(C#N)cc1OC. The largest absolute Gasteiger partial charge is 0.496 e. The van der Waals surface area contributed by atoms with Crippen molar-refractivity contribution in [1.29, 1.82) is 10.5 Å². The highest BCUT2D eigenvalue weighted by molar-refractivity contribution is 7.10. The van der Waals surface area contributed by atoms with E-state index in [9.17, 15) is 14.9 Å². The minimum absolute atomic E-state index is 0.0291. The number of methoxy groups -OCH3 is 1. The van der Waals surface area contributed by atoms with Gasteiger partial charge in [-0.1, -0.05) is 6.07 Å². The number of nitrogens with one attached hydrogen (secondary N) is 1. The van der Waals surface area contributed by atoms with Crippen LogP contribution in [0.5, 0.6) is 5.75 Å². The average Bonchev–Trinajstić information content (AvgIpc) is 3.38. The highest BCUT2D eigenvalue weighted by atomic mass is 32.1. The number of dihydropyridines is 1. The van der Waals surface area contributed by atoms with Gasteiger partial charge in [-0.05, 0) is 26.0 Å². The number of hydrogen-bond acceptors (Lipinski definition) is 10. The second kappa shape index (κ2) is 11.1. The van der Waals surface area contributed by atoms with Gasteiger partial charge in [0.2, 0.25) is 0 Å². The van der Waals surface area contributed by atoms with Gasteiger partial charge >= 0.3 is 11.9 Å². The minimum Gasteiger partial charge on any atom is -0.496 e. The zero-order chi connectivity index (χ0) is 24.7. The van der Waals surface area contributed by atoms with Gasteiger partial charge in [-0.2, -0.15) is 10.5 Å². The fourth-order valence-electron chi connectivity index (χ4n) is 3.64. The van der Waals surface area contributed by atoms with Gasteiger partial charge in [-0.3, -0.25) is 0 Å². The van der Waals surface area contributed by atoms with E-state index in [1.807, 2.05) is 6.07 Å². The smallest absolute Gasteiger partial charge is 0.337 e. The van der Waals surface area contributed by atoms with Crippen molar-refractivity contribution < 1.29 is 23.8 Å². The van der Waals surface area contributed by atoms with Crippen LogP contribution < -0.4 is 10.1 Å². The maximum absolute atomic E-state index is 13.3. The molecule has 1 aromatic heterocycles. The molecule has 34 heavy (non-hydrogen) atoms. The van der Waals surface area contributed by atoms with Crippen LogP contribution in [0.1, 0.15) is 42.3 Å². The molecule has 0 bridgehead atoms. The molecule has 1 aromatic carbocycles. The van der Waals surface area contributed by atoms with Crippen LogP contribution in [0.25, 0.3) is 5.70 Å². The van der Waals surface area contributed by atoms with Gasteiger partial charge in [0.15, 0.2) is 0 Å². The standard InChI is InChI=1S/C24H22N4O5S/c1-4-32-24(30)20-19(16-7-6-15(13-26)12-17(16)31-3)18(23(29)33-10-5-8-25)14(2)28-21(20)22-27-9-11-34-22/h6-7,9,11-12,19,28H,4-5,10H2,1-3H3. The molecule has 1 atom stereocenters. The number of esters is 2. The van der Waals surface area contributed by atoms with Crippen molar-refractivity contribution in [3.8, 4) is 17.9 Å². The summed E-state index contributed by atoms with van der Waals surface area (Å²) < 4.78 is 16.2. The number of carbonyl (C=O) groups excluding carboxylic acids is 2. The Balaban J connectivity index is 2.29. The summed E-state index contributed by atoms with van der Waals surface area (Å²) in [5.41, 5.74) is 2.04. The Morgan fingerprint density at radius 1 is 1.21 bits per heavy atom. The third-order valence-corrected chi connectivity index (χ3v) is 5.84. The molecule has 3 rings (SSSR count). The van der Waals surface area contributed by atoms with Crippen LogP contribution in [0.2, 0.25) is 0 Å². The number of nitrogens with zero attached hydrogens (tertiary/aromatic N) is 3. The number of nitriles is 2. The number of carbonyl (C=O) groups is 2. The lowest BCUT2D eigenvalue weighted by Gasteiger charge is -2.31. The van der Waals surface area contributed by atoms with E-state index in [0.717, 1.165) is 0 Å². The lowest BCUT2D eigenvalue weighted by Crippen LogP contribution is -2.33. The molecule has 1 aliphatic rings. The van der Waals surface area contributed by atoms with Crippen molar-refractivity contribution in [1.82, 2.24) is 10.3 Å². The van der Waals surface area contributed by atoms with Gasteiger partial charge in [-0.25, -0.2) is 14.6 Å². The molecule has 2 heterocycles. The fourth-order valence-corrected chi connectivity index (χ4v) is 4.29. The quantitative estimate of drug-likeness (QED) is 0.447. The van der Waals surface area contributed by atoms with Crippen molar-refractivity contribution in [2.75, 3.05) is 20.3 Å². The summed E-state index contributed by atoms with van der Waals surface area (Å²) in [6.45, 7) is 3.41. The summed E-state index contributed by atoms with van der Waals surface area (Å²) in [5, 5.41) is 23.6. The number of ether oxygens (including phenoxy) is 3. The van der Waals surface area contributed by atoms with Gasteiger partial charge in [-0.15, -0.1) is 11.3 Å². The van der Waals surface area contributed by atoms with Crippen LogP contribution in [-0.4, -0.2) is 37.2 Å². The Hall–Kier alpha value is -4.15. The monoisotopic (exact) mass is 478 g/mol. The summed E-state index contributed by atoms with van der Waals surface area (Å²) in [6, 6.07) is 8.75. The molecule has 0 spiro atoms. The predicted octanol–water partition coefficient (Wildman–Crippen LogP) is 3.42. The zero-order valence-electron chi connectivity index (χ0n) is 18.9. The van der Waals surface area contributed by atoms with E-state index in [-0.39, 0.29) is 30.8 Å². The summed E-state index contributed by atoms with van der Waals surface area (Å²) in [7, 11) is 1.44. The van der Waals surface area contributed by atoms with Gasteiger partial charge in [0.1, 0.15) is 17.4 Å². The molecule has 1 unspecified atom stereocenters. The Kier molecular flexibility index (Phi) is 8.01. The maximum atomic E-state index is 13.3. The lowest BCUT2D eigenvalue weighted by molar-refractivity contribution is -0.139. The second-order valence-electron chi connectivity index (χ2n) is 7.06. The van der Waals surface area contributed by atoms with Gasteiger partial charge in [0, 0.05) is 22.8 Å².